The minimum atomic E-state index is -0.261. The van der Waals surface area contributed by atoms with Gasteiger partial charge in [-0.1, -0.05) is 29.8 Å². The smallest absolute Gasteiger partial charge is 0.275 e. The van der Waals surface area contributed by atoms with Crippen LogP contribution in [0.1, 0.15) is 4.88 Å². The Bertz CT molecular complexity index is 903. The number of carbonyl (C=O) groups is 1. The highest BCUT2D eigenvalue weighted by molar-refractivity contribution is 7.16. The van der Waals surface area contributed by atoms with Crippen LogP contribution in [0.2, 0.25) is 4.34 Å². The van der Waals surface area contributed by atoms with E-state index in [1.54, 1.807) is 18.3 Å². The minimum Gasteiger partial charge on any atom is -0.354 e. The molecule has 0 aliphatic rings. The molecule has 1 aromatic carbocycles. The van der Waals surface area contributed by atoms with Crippen molar-refractivity contribution in [2.45, 2.75) is 13.0 Å². The van der Waals surface area contributed by atoms with Gasteiger partial charge in [0.25, 0.3) is 5.56 Å². The van der Waals surface area contributed by atoms with Crippen LogP contribution in [0, 0.1) is 0 Å². The summed E-state index contributed by atoms with van der Waals surface area (Å²) >= 11 is 7.35. The Balaban J connectivity index is 1.61. The van der Waals surface area contributed by atoms with Crippen LogP contribution in [0.4, 0.5) is 0 Å². The van der Waals surface area contributed by atoms with E-state index < -0.39 is 0 Å². The Kier molecular flexibility index (Phi) is 4.73. The topological polar surface area (TPSA) is 64.0 Å². The molecule has 3 rings (SSSR count). The SMILES string of the molecule is O=C(Cn1ncc2ccccc2c1=O)NCCc1ccc(Cl)s1. The van der Waals surface area contributed by atoms with E-state index in [0.29, 0.717) is 18.4 Å². The third-order valence-electron chi connectivity index (χ3n) is 3.38. The molecule has 0 unspecified atom stereocenters. The minimum absolute atomic E-state index is 0.0884. The summed E-state index contributed by atoms with van der Waals surface area (Å²) in [6.07, 6.45) is 2.31. The van der Waals surface area contributed by atoms with Gasteiger partial charge in [-0.05, 0) is 24.6 Å². The number of rotatable bonds is 5. The van der Waals surface area contributed by atoms with E-state index in [4.69, 9.17) is 11.6 Å². The maximum Gasteiger partial charge on any atom is 0.275 e. The predicted octanol–water partition coefficient (Wildman–Crippen LogP) is 2.47. The zero-order valence-electron chi connectivity index (χ0n) is 12.2. The first-order valence-electron chi connectivity index (χ1n) is 7.09. The number of amides is 1. The van der Waals surface area contributed by atoms with Crippen molar-refractivity contribution < 1.29 is 4.79 Å². The molecule has 1 N–H and O–H groups in total. The first kappa shape index (κ1) is 15.7. The standard InChI is InChI=1S/C16H14ClN3O2S/c17-14-6-5-12(23-14)7-8-18-15(21)10-20-16(22)13-4-2-1-3-11(13)9-19-20/h1-6,9H,7-8,10H2,(H,18,21). The number of benzene rings is 1. The molecular formula is C16H14ClN3O2S. The Morgan fingerprint density at radius 2 is 2.09 bits per heavy atom. The summed E-state index contributed by atoms with van der Waals surface area (Å²) in [5.74, 6) is -0.238. The van der Waals surface area contributed by atoms with E-state index in [1.165, 1.54) is 16.0 Å². The normalized spacial score (nSPS) is 10.8. The lowest BCUT2D eigenvalue weighted by Gasteiger charge is -2.07. The molecule has 118 valence electrons. The van der Waals surface area contributed by atoms with Crippen LogP contribution in [0.5, 0.6) is 0 Å². The van der Waals surface area contributed by atoms with E-state index in [1.807, 2.05) is 24.3 Å². The molecule has 2 heterocycles. The van der Waals surface area contributed by atoms with Crippen molar-refractivity contribution in [2.75, 3.05) is 6.54 Å². The zero-order chi connectivity index (χ0) is 16.2. The van der Waals surface area contributed by atoms with Gasteiger partial charge in [0.15, 0.2) is 0 Å². The van der Waals surface area contributed by atoms with Crippen molar-refractivity contribution in [3.63, 3.8) is 0 Å². The largest absolute Gasteiger partial charge is 0.354 e. The molecule has 0 atom stereocenters. The van der Waals surface area contributed by atoms with Gasteiger partial charge >= 0.3 is 0 Å². The van der Waals surface area contributed by atoms with Gasteiger partial charge in [0.1, 0.15) is 6.54 Å². The Morgan fingerprint density at radius 1 is 1.26 bits per heavy atom. The maximum atomic E-state index is 12.3. The van der Waals surface area contributed by atoms with Gasteiger partial charge < -0.3 is 5.32 Å². The predicted molar refractivity (Wildman–Crippen MR) is 92.0 cm³/mol. The van der Waals surface area contributed by atoms with Crippen molar-refractivity contribution in [3.05, 3.63) is 62.2 Å². The lowest BCUT2D eigenvalue weighted by Crippen LogP contribution is -2.34. The quantitative estimate of drug-likeness (QED) is 0.771. The van der Waals surface area contributed by atoms with Crippen LogP contribution < -0.4 is 10.9 Å². The fraction of sp³-hybridized carbons (Fsp3) is 0.188. The Morgan fingerprint density at radius 3 is 2.87 bits per heavy atom. The monoisotopic (exact) mass is 347 g/mol. The maximum absolute atomic E-state index is 12.3. The molecule has 0 saturated heterocycles. The molecule has 0 aliphatic carbocycles. The van der Waals surface area contributed by atoms with Crippen LogP contribution in [0.3, 0.4) is 0 Å². The van der Waals surface area contributed by atoms with Crippen LogP contribution in [-0.2, 0) is 17.8 Å². The van der Waals surface area contributed by atoms with Crippen molar-refractivity contribution in [1.82, 2.24) is 15.1 Å². The van der Waals surface area contributed by atoms with Crippen molar-refractivity contribution in [1.29, 1.82) is 0 Å². The first-order valence-corrected chi connectivity index (χ1v) is 8.29. The summed E-state index contributed by atoms with van der Waals surface area (Å²) in [7, 11) is 0. The number of carbonyl (C=O) groups excluding carboxylic acids is 1. The number of aromatic nitrogens is 2. The summed E-state index contributed by atoms with van der Waals surface area (Å²) in [5.41, 5.74) is -0.261. The van der Waals surface area contributed by atoms with E-state index >= 15 is 0 Å². The number of nitrogens with zero attached hydrogens (tertiary/aromatic N) is 2. The molecule has 3 aromatic rings. The molecule has 2 aromatic heterocycles. The average Bonchev–Trinajstić information content (AvgIpc) is 2.96. The number of halogens is 1. The third-order valence-corrected chi connectivity index (χ3v) is 4.67. The number of hydrogen-bond acceptors (Lipinski definition) is 4. The van der Waals surface area contributed by atoms with E-state index in [9.17, 15) is 9.59 Å². The molecule has 0 aliphatic heterocycles. The molecule has 0 fully saturated rings. The van der Waals surface area contributed by atoms with Gasteiger partial charge in [-0.15, -0.1) is 11.3 Å². The molecule has 7 heteroatoms. The number of fused-ring (bicyclic) bond motifs is 1. The van der Waals surface area contributed by atoms with Crippen LogP contribution >= 0.6 is 22.9 Å². The Hall–Kier alpha value is -2.18. The third kappa shape index (κ3) is 3.78. The highest BCUT2D eigenvalue weighted by Gasteiger charge is 2.08. The van der Waals surface area contributed by atoms with Gasteiger partial charge in [0.2, 0.25) is 5.91 Å². The van der Waals surface area contributed by atoms with Crippen molar-refractivity contribution in [3.8, 4) is 0 Å². The highest BCUT2D eigenvalue weighted by atomic mass is 35.5. The zero-order valence-corrected chi connectivity index (χ0v) is 13.7. The van der Waals surface area contributed by atoms with Crippen LogP contribution in [0.15, 0.2) is 47.4 Å². The fourth-order valence-electron chi connectivity index (χ4n) is 2.24. The molecule has 0 bridgehead atoms. The second-order valence-corrected chi connectivity index (χ2v) is 6.80. The number of thiophene rings is 1. The van der Waals surface area contributed by atoms with E-state index in [2.05, 4.69) is 10.4 Å². The molecule has 0 spiro atoms. The first-order chi connectivity index (χ1) is 11.1. The number of hydrogen-bond donors (Lipinski definition) is 1. The summed E-state index contributed by atoms with van der Waals surface area (Å²) in [4.78, 5) is 25.3. The average molecular weight is 348 g/mol. The number of nitrogens with one attached hydrogen (secondary N) is 1. The second kappa shape index (κ2) is 6.93. The van der Waals surface area contributed by atoms with Crippen molar-refractivity contribution >= 4 is 39.6 Å². The summed E-state index contributed by atoms with van der Waals surface area (Å²) in [5, 5.41) is 8.16. The highest BCUT2D eigenvalue weighted by Crippen LogP contribution is 2.21. The fourth-order valence-corrected chi connectivity index (χ4v) is 3.33. The van der Waals surface area contributed by atoms with Crippen molar-refractivity contribution in [2.24, 2.45) is 0 Å². The summed E-state index contributed by atoms with van der Waals surface area (Å²) < 4.78 is 1.91. The Labute approximate surface area is 141 Å². The molecule has 23 heavy (non-hydrogen) atoms. The van der Waals surface area contributed by atoms with Crippen LogP contribution in [0.25, 0.3) is 10.8 Å². The van der Waals surface area contributed by atoms with Gasteiger partial charge in [0, 0.05) is 16.8 Å². The van der Waals surface area contributed by atoms with Gasteiger partial charge in [-0.3, -0.25) is 9.59 Å². The lowest BCUT2D eigenvalue weighted by atomic mass is 10.2. The molecular weight excluding hydrogens is 334 g/mol. The van der Waals surface area contributed by atoms with E-state index in [0.717, 1.165) is 14.6 Å². The second-order valence-electron chi connectivity index (χ2n) is 5.00. The van der Waals surface area contributed by atoms with Gasteiger partial charge in [-0.2, -0.15) is 5.10 Å². The van der Waals surface area contributed by atoms with Crippen LogP contribution in [-0.4, -0.2) is 22.2 Å². The lowest BCUT2D eigenvalue weighted by molar-refractivity contribution is -0.121. The summed E-state index contributed by atoms with van der Waals surface area (Å²) in [6.45, 7) is 0.410. The van der Waals surface area contributed by atoms with E-state index in [-0.39, 0.29) is 18.0 Å². The molecule has 0 radical (unpaired) electrons. The molecule has 5 nitrogen and oxygen atoms in total. The van der Waals surface area contributed by atoms with Gasteiger partial charge in [-0.25, -0.2) is 4.68 Å². The molecule has 1 amide bonds. The molecule has 0 saturated carbocycles. The summed E-state index contributed by atoms with van der Waals surface area (Å²) in [6, 6.07) is 11.0. The van der Waals surface area contributed by atoms with Gasteiger partial charge in [0.05, 0.1) is 15.9 Å².